The third-order valence-electron chi connectivity index (χ3n) is 3.36. The molecule has 1 atom stereocenters. The second-order valence-corrected chi connectivity index (χ2v) is 5.48. The van der Waals surface area contributed by atoms with Crippen molar-refractivity contribution in [2.45, 2.75) is 26.9 Å². The zero-order valence-electron chi connectivity index (χ0n) is 13.4. The topological polar surface area (TPSA) is 81.4 Å². The number of benzene rings is 2. The van der Waals surface area contributed by atoms with Gasteiger partial charge in [-0.1, -0.05) is 18.2 Å². The molecule has 2 rings (SSSR count). The molecule has 2 aromatic rings. The van der Waals surface area contributed by atoms with E-state index in [1.165, 1.54) is 0 Å². The van der Waals surface area contributed by atoms with Crippen molar-refractivity contribution < 1.29 is 14.3 Å². The van der Waals surface area contributed by atoms with Gasteiger partial charge >= 0.3 is 0 Å². The predicted molar refractivity (Wildman–Crippen MR) is 89.6 cm³/mol. The Bertz CT molecular complexity index is 741. The monoisotopic (exact) mass is 312 g/mol. The van der Waals surface area contributed by atoms with Crippen molar-refractivity contribution in [2.24, 2.45) is 5.73 Å². The average Bonchev–Trinajstić information content (AvgIpc) is 2.46. The zero-order valence-corrected chi connectivity index (χ0v) is 13.4. The van der Waals surface area contributed by atoms with E-state index in [1.807, 2.05) is 32.0 Å². The van der Waals surface area contributed by atoms with Crippen LogP contribution in [0, 0.1) is 13.8 Å². The van der Waals surface area contributed by atoms with Crippen molar-refractivity contribution >= 4 is 17.5 Å². The van der Waals surface area contributed by atoms with E-state index in [4.69, 9.17) is 10.5 Å². The number of hydrogen-bond donors (Lipinski definition) is 2. The minimum atomic E-state index is -0.768. The maximum absolute atomic E-state index is 12.2. The lowest BCUT2D eigenvalue weighted by atomic mass is 10.1. The smallest absolute Gasteiger partial charge is 0.265 e. The van der Waals surface area contributed by atoms with Crippen molar-refractivity contribution in [3.63, 3.8) is 0 Å². The van der Waals surface area contributed by atoms with E-state index in [0.717, 1.165) is 11.1 Å². The summed E-state index contributed by atoms with van der Waals surface area (Å²) in [6.45, 7) is 5.44. The largest absolute Gasteiger partial charge is 0.480 e. The minimum absolute atomic E-state index is 0.255. The molecule has 23 heavy (non-hydrogen) atoms. The molecule has 0 aliphatic carbocycles. The molecule has 0 radical (unpaired) electrons. The maximum atomic E-state index is 12.2. The van der Waals surface area contributed by atoms with Gasteiger partial charge in [-0.05, 0) is 56.2 Å². The van der Waals surface area contributed by atoms with Gasteiger partial charge in [-0.2, -0.15) is 0 Å². The Kier molecular flexibility index (Phi) is 5.01. The van der Waals surface area contributed by atoms with E-state index in [0.29, 0.717) is 11.4 Å². The number of ether oxygens (including phenoxy) is 1. The second kappa shape index (κ2) is 6.96. The van der Waals surface area contributed by atoms with E-state index < -0.39 is 12.0 Å². The first-order chi connectivity index (χ1) is 10.9. The second-order valence-electron chi connectivity index (χ2n) is 5.48. The van der Waals surface area contributed by atoms with Gasteiger partial charge in [0.15, 0.2) is 6.10 Å². The highest BCUT2D eigenvalue weighted by Crippen LogP contribution is 2.21. The molecule has 2 amide bonds. The van der Waals surface area contributed by atoms with Gasteiger partial charge in [-0.25, -0.2) is 0 Å². The van der Waals surface area contributed by atoms with Crippen molar-refractivity contribution in [2.75, 3.05) is 5.32 Å². The van der Waals surface area contributed by atoms with Crippen LogP contribution < -0.4 is 15.8 Å². The summed E-state index contributed by atoms with van der Waals surface area (Å²) in [6, 6.07) is 12.5. The molecular weight excluding hydrogens is 292 g/mol. The van der Waals surface area contributed by atoms with Gasteiger partial charge in [-0.15, -0.1) is 0 Å². The summed E-state index contributed by atoms with van der Waals surface area (Å²) in [5.41, 5.74) is 8.25. The first-order valence-electron chi connectivity index (χ1n) is 7.31. The fraction of sp³-hybridized carbons (Fsp3) is 0.222. The molecule has 5 nitrogen and oxygen atoms in total. The van der Waals surface area contributed by atoms with Crippen molar-refractivity contribution in [3.8, 4) is 5.75 Å². The number of carbonyl (C=O) groups excluding carboxylic acids is 2. The van der Waals surface area contributed by atoms with Crippen molar-refractivity contribution in [1.29, 1.82) is 0 Å². The normalized spacial score (nSPS) is 11.6. The number of aryl methyl sites for hydroxylation is 2. The highest BCUT2D eigenvalue weighted by atomic mass is 16.5. The summed E-state index contributed by atoms with van der Waals surface area (Å²) in [7, 11) is 0. The van der Waals surface area contributed by atoms with Crippen LogP contribution in [0.4, 0.5) is 5.69 Å². The van der Waals surface area contributed by atoms with Crippen LogP contribution in [0.2, 0.25) is 0 Å². The molecule has 0 aliphatic rings. The number of primary amides is 1. The van der Waals surface area contributed by atoms with Gasteiger partial charge < -0.3 is 15.8 Å². The predicted octanol–water partition coefficient (Wildman–Crippen LogP) is 2.81. The quantitative estimate of drug-likeness (QED) is 0.890. The van der Waals surface area contributed by atoms with Crippen LogP contribution in [0.15, 0.2) is 42.5 Å². The Labute approximate surface area is 135 Å². The van der Waals surface area contributed by atoms with Crippen LogP contribution in [-0.2, 0) is 4.79 Å². The first kappa shape index (κ1) is 16.5. The fourth-order valence-corrected chi connectivity index (χ4v) is 2.14. The van der Waals surface area contributed by atoms with E-state index in [-0.39, 0.29) is 11.5 Å². The number of amides is 2. The molecule has 2 aromatic carbocycles. The molecule has 0 spiro atoms. The summed E-state index contributed by atoms with van der Waals surface area (Å²) in [5.74, 6) is -0.580. The summed E-state index contributed by atoms with van der Waals surface area (Å²) < 4.78 is 5.64. The fourth-order valence-electron chi connectivity index (χ4n) is 2.14. The number of nitrogens with two attached hydrogens (primary N) is 1. The number of carbonyl (C=O) groups is 2. The number of anilines is 1. The highest BCUT2D eigenvalue weighted by molar-refractivity contribution is 5.97. The molecule has 0 saturated carbocycles. The standard InChI is InChI=1S/C18H20N2O3/c1-11-5-4-6-14(9-11)20-18(22)13(3)23-16-10-12(2)7-8-15(16)17(19)21/h4-10,13H,1-3H3,(H2,19,21)(H,20,22). The molecule has 1 unspecified atom stereocenters. The van der Waals surface area contributed by atoms with Gasteiger partial charge in [-0.3, -0.25) is 9.59 Å². The molecule has 5 heteroatoms. The molecule has 0 saturated heterocycles. The third kappa shape index (κ3) is 4.32. The number of rotatable bonds is 5. The molecule has 0 bridgehead atoms. The van der Waals surface area contributed by atoms with Crippen LogP contribution in [0.3, 0.4) is 0 Å². The Balaban J connectivity index is 2.12. The summed E-state index contributed by atoms with van der Waals surface area (Å²) in [5, 5.41) is 2.79. The average molecular weight is 312 g/mol. The van der Waals surface area contributed by atoms with E-state index in [2.05, 4.69) is 5.32 Å². The third-order valence-corrected chi connectivity index (χ3v) is 3.36. The Morgan fingerprint density at radius 3 is 2.43 bits per heavy atom. The lowest BCUT2D eigenvalue weighted by Crippen LogP contribution is -2.31. The van der Waals surface area contributed by atoms with Gasteiger partial charge in [0.2, 0.25) is 0 Å². The Morgan fingerprint density at radius 1 is 1.09 bits per heavy atom. The van der Waals surface area contributed by atoms with Gasteiger partial charge in [0, 0.05) is 5.69 Å². The van der Waals surface area contributed by atoms with Crippen LogP contribution in [0.5, 0.6) is 5.75 Å². The summed E-state index contributed by atoms with van der Waals surface area (Å²) in [6.07, 6.45) is -0.768. The lowest BCUT2D eigenvalue weighted by molar-refractivity contribution is -0.122. The molecule has 120 valence electrons. The zero-order chi connectivity index (χ0) is 17.0. The van der Waals surface area contributed by atoms with Gasteiger partial charge in [0.05, 0.1) is 5.56 Å². The molecular formula is C18H20N2O3. The van der Waals surface area contributed by atoms with Gasteiger partial charge in [0.1, 0.15) is 5.75 Å². The van der Waals surface area contributed by atoms with E-state index >= 15 is 0 Å². The van der Waals surface area contributed by atoms with Gasteiger partial charge in [0.25, 0.3) is 11.8 Å². The highest BCUT2D eigenvalue weighted by Gasteiger charge is 2.18. The van der Waals surface area contributed by atoms with Crippen LogP contribution in [-0.4, -0.2) is 17.9 Å². The van der Waals surface area contributed by atoms with Crippen LogP contribution >= 0.6 is 0 Å². The first-order valence-corrected chi connectivity index (χ1v) is 7.31. The van der Waals surface area contributed by atoms with Crippen LogP contribution in [0.25, 0.3) is 0 Å². The number of hydrogen-bond acceptors (Lipinski definition) is 3. The Morgan fingerprint density at radius 2 is 1.78 bits per heavy atom. The number of nitrogens with one attached hydrogen (secondary N) is 1. The molecule has 0 heterocycles. The van der Waals surface area contributed by atoms with Crippen LogP contribution in [0.1, 0.15) is 28.4 Å². The summed E-state index contributed by atoms with van der Waals surface area (Å²) >= 11 is 0. The van der Waals surface area contributed by atoms with E-state index in [1.54, 1.807) is 31.2 Å². The van der Waals surface area contributed by atoms with E-state index in [9.17, 15) is 9.59 Å². The minimum Gasteiger partial charge on any atom is -0.480 e. The summed E-state index contributed by atoms with van der Waals surface area (Å²) in [4.78, 5) is 23.7. The molecule has 0 aromatic heterocycles. The maximum Gasteiger partial charge on any atom is 0.265 e. The SMILES string of the molecule is Cc1cccc(NC(=O)C(C)Oc2cc(C)ccc2C(N)=O)c1. The van der Waals surface area contributed by atoms with Crippen molar-refractivity contribution in [3.05, 3.63) is 59.2 Å². The molecule has 0 fully saturated rings. The molecule has 0 aliphatic heterocycles. The lowest BCUT2D eigenvalue weighted by Gasteiger charge is -2.17. The Hall–Kier alpha value is -2.82. The molecule has 3 N–H and O–H groups in total. The van der Waals surface area contributed by atoms with Crippen molar-refractivity contribution in [1.82, 2.24) is 0 Å².